The molecule has 1 amide bonds. The van der Waals surface area contributed by atoms with Gasteiger partial charge < -0.3 is 4.57 Å². The first kappa shape index (κ1) is 20.9. The van der Waals surface area contributed by atoms with Crippen molar-refractivity contribution in [1.82, 2.24) is 4.57 Å². The molecule has 0 atom stereocenters. The smallest absolute Gasteiger partial charge is 0.270 e. The molecular formula is C25H16ClFN2OS2. The number of thioether (sulfide) groups is 1. The molecular weight excluding hydrogens is 463 g/mol. The molecule has 1 aliphatic rings. The number of nitrogens with zero attached hydrogens (tertiary/aromatic N) is 2. The van der Waals surface area contributed by atoms with Crippen molar-refractivity contribution in [2.24, 2.45) is 0 Å². The van der Waals surface area contributed by atoms with E-state index in [0.717, 1.165) is 27.7 Å². The normalized spacial score (nSPS) is 15.3. The molecule has 2 heterocycles. The molecule has 7 heteroatoms. The number of aromatic nitrogens is 1. The highest BCUT2D eigenvalue weighted by Crippen LogP contribution is 2.37. The molecule has 1 aromatic heterocycles. The molecule has 3 aromatic carbocycles. The van der Waals surface area contributed by atoms with Crippen LogP contribution < -0.4 is 4.90 Å². The topological polar surface area (TPSA) is 25.2 Å². The van der Waals surface area contributed by atoms with E-state index in [1.807, 2.05) is 66.9 Å². The summed E-state index contributed by atoms with van der Waals surface area (Å²) >= 11 is 13.0. The molecule has 0 saturated carbocycles. The van der Waals surface area contributed by atoms with Gasteiger partial charge in [-0.05, 0) is 42.0 Å². The number of fused-ring (bicyclic) bond motifs is 1. The maximum absolute atomic E-state index is 13.4. The van der Waals surface area contributed by atoms with E-state index in [9.17, 15) is 9.18 Å². The molecule has 0 radical (unpaired) electrons. The van der Waals surface area contributed by atoms with Crippen molar-refractivity contribution in [3.63, 3.8) is 0 Å². The first-order chi connectivity index (χ1) is 15.5. The van der Waals surface area contributed by atoms with Gasteiger partial charge in [-0.15, -0.1) is 0 Å². The number of halogens is 2. The minimum absolute atomic E-state index is 0.135. The molecule has 0 N–H and O–H groups in total. The number of para-hydroxylation sites is 2. The maximum atomic E-state index is 13.4. The van der Waals surface area contributed by atoms with E-state index in [0.29, 0.717) is 20.8 Å². The minimum atomic E-state index is -0.364. The van der Waals surface area contributed by atoms with E-state index in [1.54, 1.807) is 11.0 Å². The standard InChI is InChI=1S/C25H16ClFN2OS2/c26-21-13-18(27)11-10-16(21)14-28-15-17(20-8-4-5-9-22(20)28)12-23-24(30)29(25(31)32-23)19-6-2-1-3-7-19/h1-13,15H,14H2/b23-12-. The predicted molar refractivity (Wildman–Crippen MR) is 135 cm³/mol. The van der Waals surface area contributed by atoms with Gasteiger partial charge in [0.05, 0.1) is 10.6 Å². The molecule has 158 valence electrons. The van der Waals surface area contributed by atoms with Gasteiger partial charge in [0.2, 0.25) is 0 Å². The average molecular weight is 479 g/mol. The number of amides is 1. The van der Waals surface area contributed by atoms with Crippen LogP contribution >= 0.6 is 35.6 Å². The van der Waals surface area contributed by atoms with Crippen LogP contribution in [-0.2, 0) is 11.3 Å². The number of hydrogen-bond donors (Lipinski definition) is 0. The van der Waals surface area contributed by atoms with Gasteiger partial charge >= 0.3 is 0 Å². The summed E-state index contributed by atoms with van der Waals surface area (Å²) in [7, 11) is 0. The van der Waals surface area contributed by atoms with E-state index >= 15 is 0 Å². The quantitative estimate of drug-likeness (QED) is 0.236. The van der Waals surface area contributed by atoms with Crippen LogP contribution in [0.5, 0.6) is 0 Å². The Balaban J connectivity index is 1.53. The lowest BCUT2D eigenvalue weighted by molar-refractivity contribution is -0.113. The van der Waals surface area contributed by atoms with Crippen molar-refractivity contribution in [2.45, 2.75) is 6.54 Å². The highest BCUT2D eigenvalue weighted by Gasteiger charge is 2.33. The summed E-state index contributed by atoms with van der Waals surface area (Å²) in [5, 5.41) is 1.39. The van der Waals surface area contributed by atoms with Crippen LogP contribution in [0, 0.1) is 5.82 Å². The Labute approximate surface area is 199 Å². The van der Waals surface area contributed by atoms with Crippen LogP contribution in [0.3, 0.4) is 0 Å². The largest absolute Gasteiger partial charge is 0.342 e. The minimum Gasteiger partial charge on any atom is -0.342 e. The Kier molecular flexibility index (Phi) is 5.59. The van der Waals surface area contributed by atoms with E-state index < -0.39 is 0 Å². The number of anilines is 1. The number of carbonyl (C=O) groups is 1. The predicted octanol–water partition coefficient (Wildman–Crippen LogP) is 6.89. The van der Waals surface area contributed by atoms with Crippen LogP contribution in [0.4, 0.5) is 10.1 Å². The van der Waals surface area contributed by atoms with Gasteiger partial charge in [0, 0.05) is 34.2 Å². The zero-order valence-corrected chi connectivity index (χ0v) is 19.1. The molecule has 1 fully saturated rings. The van der Waals surface area contributed by atoms with Crippen LogP contribution in [0.2, 0.25) is 5.02 Å². The fourth-order valence-corrected chi connectivity index (χ4v) is 5.28. The van der Waals surface area contributed by atoms with Crippen molar-refractivity contribution >= 4 is 68.5 Å². The van der Waals surface area contributed by atoms with Crippen LogP contribution in [0.1, 0.15) is 11.1 Å². The maximum Gasteiger partial charge on any atom is 0.270 e. The number of carbonyl (C=O) groups excluding carboxylic acids is 1. The van der Waals surface area contributed by atoms with Crippen molar-refractivity contribution in [1.29, 1.82) is 0 Å². The molecule has 3 nitrogen and oxygen atoms in total. The fourth-order valence-electron chi connectivity index (χ4n) is 3.76. The lowest BCUT2D eigenvalue weighted by atomic mass is 10.1. The second-order valence-corrected chi connectivity index (χ2v) is 9.40. The molecule has 1 aliphatic heterocycles. The third-order valence-electron chi connectivity index (χ3n) is 5.27. The molecule has 0 bridgehead atoms. The first-order valence-electron chi connectivity index (χ1n) is 9.86. The first-order valence-corrected chi connectivity index (χ1v) is 11.5. The van der Waals surface area contributed by atoms with Crippen LogP contribution in [-0.4, -0.2) is 14.8 Å². The molecule has 0 unspecified atom stereocenters. The number of thiocarbonyl (C=S) groups is 1. The van der Waals surface area contributed by atoms with Crippen molar-refractivity contribution in [3.05, 3.63) is 106 Å². The zero-order valence-electron chi connectivity index (χ0n) is 16.7. The molecule has 0 spiro atoms. The van der Waals surface area contributed by atoms with E-state index in [-0.39, 0.29) is 11.7 Å². The van der Waals surface area contributed by atoms with Crippen molar-refractivity contribution in [2.75, 3.05) is 4.90 Å². The average Bonchev–Trinajstić information content (AvgIpc) is 3.27. The lowest BCUT2D eigenvalue weighted by Gasteiger charge is -2.13. The fraction of sp³-hybridized carbons (Fsp3) is 0.0400. The summed E-state index contributed by atoms with van der Waals surface area (Å²) in [6.07, 6.45) is 3.87. The molecule has 0 aliphatic carbocycles. The number of hydrogen-bond acceptors (Lipinski definition) is 3. The summed E-state index contributed by atoms with van der Waals surface area (Å²) in [5.74, 6) is -0.498. The van der Waals surface area contributed by atoms with Gasteiger partial charge in [-0.25, -0.2) is 4.39 Å². The summed E-state index contributed by atoms with van der Waals surface area (Å²) in [4.78, 5) is 15.3. The van der Waals surface area contributed by atoms with Gasteiger partial charge in [0.1, 0.15) is 5.82 Å². The number of benzene rings is 3. The second kappa shape index (κ2) is 8.54. The van der Waals surface area contributed by atoms with E-state index in [1.165, 1.54) is 23.9 Å². The van der Waals surface area contributed by atoms with Crippen molar-refractivity contribution < 1.29 is 9.18 Å². The van der Waals surface area contributed by atoms with Crippen LogP contribution in [0.25, 0.3) is 17.0 Å². The van der Waals surface area contributed by atoms with Gasteiger partial charge in [0.15, 0.2) is 4.32 Å². The highest BCUT2D eigenvalue weighted by molar-refractivity contribution is 8.27. The Hall–Kier alpha value is -2.93. The Morgan fingerprint density at radius 1 is 1.03 bits per heavy atom. The second-order valence-electron chi connectivity index (χ2n) is 7.32. The summed E-state index contributed by atoms with van der Waals surface area (Å²) < 4.78 is 16.0. The van der Waals surface area contributed by atoms with E-state index in [4.69, 9.17) is 23.8 Å². The van der Waals surface area contributed by atoms with Crippen LogP contribution in [0.15, 0.2) is 83.9 Å². The zero-order chi connectivity index (χ0) is 22.2. The Bertz CT molecular complexity index is 1400. The lowest BCUT2D eigenvalue weighted by Crippen LogP contribution is -2.27. The van der Waals surface area contributed by atoms with Gasteiger partial charge in [0.25, 0.3) is 5.91 Å². The van der Waals surface area contributed by atoms with Gasteiger partial charge in [-0.3, -0.25) is 9.69 Å². The van der Waals surface area contributed by atoms with Gasteiger partial charge in [-0.1, -0.05) is 78.0 Å². The summed E-state index contributed by atoms with van der Waals surface area (Å²) in [5.41, 5.74) is 3.48. The van der Waals surface area contributed by atoms with Crippen molar-refractivity contribution in [3.8, 4) is 0 Å². The SMILES string of the molecule is O=C1/C(=C/c2cn(Cc3ccc(F)cc3Cl)c3ccccc23)SC(=S)N1c1ccccc1. The Morgan fingerprint density at radius 2 is 1.78 bits per heavy atom. The summed E-state index contributed by atoms with van der Waals surface area (Å²) in [6.45, 7) is 0.485. The molecule has 5 rings (SSSR count). The monoisotopic (exact) mass is 478 g/mol. The summed E-state index contributed by atoms with van der Waals surface area (Å²) in [6, 6.07) is 21.8. The Morgan fingerprint density at radius 3 is 2.56 bits per heavy atom. The molecule has 32 heavy (non-hydrogen) atoms. The molecule has 4 aromatic rings. The third kappa shape index (κ3) is 3.86. The molecule has 1 saturated heterocycles. The number of rotatable bonds is 4. The van der Waals surface area contributed by atoms with E-state index in [2.05, 4.69) is 4.57 Å². The van der Waals surface area contributed by atoms with Gasteiger partial charge in [-0.2, -0.15) is 0 Å². The highest BCUT2D eigenvalue weighted by atomic mass is 35.5. The third-order valence-corrected chi connectivity index (χ3v) is 6.92.